The molecule has 2 unspecified atom stereocenters. The highest BCUT2D eigenvalue weighted by Crippen LogP contribution is 2.19. The summed E-state index contributed by atoms with van der Waals surface area (Å²) < 4.78 is 26.2. The highest BCUT2D eigenvalue weighted by Gasteiger charge is 2.37. The lowest BCUT2D eigenvalue weighted by Crippen LogP contribution is -2.44. The second-order valence-electron chi connectivity index (χ2n) is 4.89. The molecule has 2 heterocycles. The van der Waals surface area contributed by atoms with E-state index in [0.717, 1.165) is 19.4 Å². The molecule has 104 valence electrons. The maximum atomic E-state index is 12.1. The summed E-state index contributed by atoms with van der Waals surface area (Å²) in [5.41, 5.74) is 0. The molecular weight excluding hydrogens is 254 g/mol. The van der Waals surface area contributed by atoms with Gasteiger partial charge in [-0.2, -0.15) is 0 Å². The molecule has 2 saturated heterocycles. The van der Waals surface area contributed by atoms with Crippen molar-refractivity contribution in [2.24, 2.45) is 0 Å². The van der Waals surface area contributed by atoms with E-state index in [9.17, 15) is 13.2 Å². The van der Waals surface area contributed by atoms with E-state index in [0.29, 0.717) is 26.1 Å². The van der Waals surface area contributed by atoms with Crippen molar-refractivity contribution in [2.75, 3.05) is 26.2 Å². The van der Waals surface area contributed by atoms with Gasteiger partial charge in [0.15, 0.2) is 0 Å². The number of rotatable bonds is 4. The van der Waals surface area contributed by atoms with Gasteiger partial charge in [0.1, 0.15) is 0 Å². The number of carbonyl (C=O) groups is 1. The number of sulfonamides is 1. The molecule has 0 saturated carbocycles. The van der Waals surface area contributed by atoms with Crippen molar-refractivity contribution in [1.29, 1.82) is 0 Å². The van der Waals surface area contributed by atoms with Gasteiger partial charge in [-0.1, -0.05) is 6.92 Å². The summed E-state index contributed by atoms with van der Waals surface area (Å²) in [5, 5.41) is 2.70. The summed E-state index contributed by atoms with van der Waals surface area (Å²) in [7, 11) is -3.26. The molecule has 0 radical (unpaired) electrons. The Balaban J connectivity index is 1.93. The van der Waals surface area contributed by atoms with E-state index in [2.05, 4.69) is 10.0 Å². The zero-order valence-corrected chi connectivity index (χ0v) is 11.5. The van der Waals surface area contributed by atoms with Gasteiger partial charge in [0, 0.05) is 19.6 Å². The summed E-state index contributed by atoms with van der Waals surface area (Å²) in [6.07, 6.45) is 2.41. The highest BCUT2D eigenvalue weighted by atomic mass is 32.2. The smallest absolute Gasteiger partial charge is 0.239 e. The number of likely N-dealkylation sites (tertiary alicyclic amines) is 1. The Bertz CT molecular complexity index is 404. The van der Waals surface area contributed by atoms with Crippen LogP contribution in [0.15, 0.2) is 0 Å². The molecule has 1 amide bonds. The Morgan fingerprint density at radius 2 is 2.22 bits per heavy atom. The number of carbonyl (C=O) groups excluding carboxylic acids is 1. The summed E-state index contributed by atoms with van der Waals surface area (Å²) in [4.78, 5) is 13.8. The Morgan fingerprint density at radius 3 is 2.83 bits per heavy atom. The van der Waals surface area contributed by atoms with Crippen LogP contribution in [-0.4, -0.2) is 56.7 Å². The van der Waals surface area contributed by atoms with Crippen LogP contribution in [0.2, 0.25) is 0 Å². The third-order valence-electron chi connectivity index (χ3n) is 3.60. The number of amides is 1. The first-order valence-electron chi connectivity index (χ1n) is 6.55. The normalized spacial score (nSPS) is 28.8. The molecule has 2 aliphatic rings. The maximum Gasteiger partial charge on any atom is 0.239 e. The minimum Gasteiger partial charge on any atom is -0.340 e. The Morgan fingerprint density at radius 1 is 1.44 bits per heavy atom. The fourth-order valence-electron chi connectivity index (χ4n) is 2.62. The van der Waals surface area contributed by atoms with Crippen LogP contribution < -0.4 is 10.0 Å². The third-order valence-corrected chi connectivity index (χ3v) is 5.55. The van der Waals surface area contributed by atoms with Gasteiger partial charge in [0.25, 0.3) is 0 Å². The number of nitrogens with one attached hydrogen (secondary N) is 2. The molecule has 2 aliphatic heterocycles. The van der Waals surface area contributed by atoms with Gasteiger partial charge in [0.05, 0.1) is 11.3 Å². The molecule has 7 heteroatoms. The van der Waals surface area contributed by atoms with Gasteiger partial charge in [-0.05, 0) is 25.8 Å². The summed E-state index contributed by atoms with van der Waals surface area (Å²) >= 11 is 0. The summed E-state index contributed by atoms with van der Waals surface area (Å²) in [6.45, 7) is 3.91. The molecule has 0 aromatic heterocycles. The molecule has 6 nitrogen and oxygen atoms in total. The van der Waals surface area contributed by atoms with Crippen LogP contribution in [0.5, 0.6) is 0 Å². The lowest BCUT2D eigenvalue weighted by Gasteiger charge is -2.20. The van der Waals surface area contributed by atoms with E-state index >= 15 is 0 Å². The van der Waals surface area contributed by atoms with Gasteiger partial charge < -0.3 is 10.2 Å². The van der Waals surface area contributed by atoms with Crippen LogP contribution in [0.4, 0.5) is 0 Å². The third kappa shape index (κ3) is 2.84. The van der Waals surface area contributed by atoms with E-state index in [1.54, 1.807) is 11.8 Å². The topological polar surface area (TPSA) is 78.5 Å². The molecule has 2 atom stereocenters. The van der Waals surface area contributed by atoms with Gasteiger partial charge in [-0.3, -0.25) is 4.79 Å². The van der Waals surface area contributed by atoms with Crippen LogP contribution in [-0.2, 0) is 14.8 Å². The Kier molecular flexibility index (Phi) is 4.24. The predicted octanol–water partition coefficient (Wildman–Crippen LogP) is -0.721. The van der Waals surface area contributed by atoms with E-state index in [1.165, 1.54) is 0 Å². The van der Waals surface area contributed by atoms with Crippen molar-refractivity contribution in [3.05, 3.63) is 0 Å². The molecule has 0 aliphatic carbocycles. The van der Waals surface area contributed by atoms with Gasteiger partial charge in [0.2, 0.25) is 15.9 Å². The fraction of sp³-hybridized carbons (Fsp3) is 0.909. The molecule has 2 fully saturated rings. The lowest BCUT2D eigenvalue weighted by molar-refractivity contribution is -0.131. The van der Waals surface area contributed by atoms with E-state index in [1.807, 2.05) is 0 Å². The average molecular weight is 275 g/mol. The Labute approximate surface area is 108 Å². The van der Waals surface area contributed by atoms with Gasteiger partial charge >= 0.3 is 0 Å². The molecule has 2 rings (SSSR count). The second-order valence-corrected chi connectivity index (χ2v) is 6.93. The largest absolute Gasteiger partial charge is 0.340 e. The van der Waals surface area contributed by atoms with Crippen LogP contribution in [0.25, 0.3) is 0 Å². The van der Waals surface area contributed by atoms with Crippen molar-refractivity contribution in [3.8, 4) is 0 Å². The van der Waals surface area contributed by atoms with E-state index < -0.39 is 15.3 Å². The summed E-state index contributed by atoms with van der Waals surface area (Å²) in [5.74, 6) is 0.0571. The minimum absolute atomic E-state index is 0.0571. The zero-order valence-electron chi connectivity index (χ0n) is 10.7. The first-order chi connectivity index (χ1) is 8.54. The van der Waals surface area contributed by atoms with Crippen molar-refractivity contribution in [1.82, 2.24) is 14.9 Å². The van der Waals surface area contributed by atoms with Gasteiger partial charge in [-0.15, -0.1) is 0 Å². The fourth-order valence-corrected chi connectivity index (χ4v) is 4.05. The molecule has 0 bridgehead atoms. The molecule has 18 heavy (non-hydrogen) atoms. The minimum atomic E-state index is -3.26. The van der Waals surface area contributed by atoms with Crippen molar-refractivity contribution in [2.45, 2.75) is 37.5 Å². The van der Waals surface area contributed by atoms with Crippen LogP contribution in [0, 0.1) is 0 Å². The van der Waals surface area contributed by atoms with Crippen molar-refractivity contribution >= 4 is 15.9 Å². The molecule has 2 N–H and O–H groups in total. The molecular formula is C11H21N3O3S. The number of hydrogen-bond acceptors (Lipinski definition) is 4. The lowest BCUT2D eigenvalue weighted by atomic mass is 10.2. The quantitative estimate of drug-likeness (QED) is 0.710. The molecule has 0 aromatic carbocycles. The SMILES string of the molecule is CCNS(=O)(=O)C1CCN(C(=O)C2CCCN2)C1. The van der Waals surface area contributed by atoms with Crippen molar-refractivity contribution < 1.29 is 13.2 Å². The molecule has 0 spiro atoms. The predicted molar refractivity (Wildman–Crippen MR) is 68.6 cm³/mol. The van der Waals surface area contributed by atoms with Crippen LogP contribution in [0.3, 0.4) is 0 Å². The maximum absolute atomic E-state index is 12.1. The second kappa shape index (κ2) is 5.54. The van der Waals surface area contributed by atoms with Gasteiger partial charge in [-0.25, -0.2) is 13.1 Å². The first-order valence-corrected chi connectivity index (χ1v) is 8.10. The monoisotopic (exact) mass is 275 g/mol. The number of nitrogens with zero attached hydrogens (tertiary/aromatic N) is 1. The number of hydrogen-bond donors (Lipinski definition) is 2. The zero-order chi connectivity index (χ0) is 13.2. The highest BCUT2D eigenvalue weighted by molar-refractivity contribution is 7.90. The molecule has 0 aromatic rings. The summed E-state index contributed by atoms with van der Waals surface area (Å²) in [6, 6.07) is -0.106. The van der Waals surface area contributed by atoms with E-state index in [4.69, 9.17) is 0 Å². The standard InChI is InChI=1S/C11H21N3O3S/c1-2-13-18(16,17)9-5-7-14(8-9)11(15)10-4-3-6-12-10/h9-10,12-13H,2-8H2,1H3. The van der Waals surface area contributed by atoms with E-state index in [-0.39, 0.29) is 11.9 Å². The van der Waals surface area contributed by atoms with Crippen LogP contribution >= 0.6 is 0 Å². The Hall–Kier alpha value is -0.660. The van der Waals surface area contributed by atoms with Crippen molar-refractivity contribution in [3.63, 3.8) is 0 Å². The first kappa shape index (κ1) is 13.8. The average Bonchev–Trinajstić information content (AvgIpc) is 3.00. The van der Waals surface area contributed by atoms with Crippen LogP contribution in [0.1, 0.15) is 26.2 Å².